The highest BCUT2D eigenvalue weighted by Crippen LogP contribution is 2.67. The van der Waals surface area contributed by atoms with Crippen LogP contribution in [0.2, 0.25) is 0 Å². The summed E-state index contributed by atoms with van der Waals surface area (Å²) in [6, 6.07) is 10.9. The van der Waals surface area contributed by atoms with E-state index in [-0.39, 0.29) is 29.4 Å². The van der Waals surface area contributed by atoms with Crippen molar-refractivity contribution in [3.8, 4) is 0 Å². The van der Waals surface area contributed by atoms with Gasteiger partial charge in [-0.2, -0.15) is 13.2 Å². The van der Waals surface area contributed by atoms with Crippen LogP contribution in [0.4, 0.5) is 24.0 Å². The molecule has 1 spiro atoms. The number of anilines is 2. The molecule has 3 aliphatic carbocycles. The number of nitrogens with zero attached hydrogens (tertiary/aromatic N) is 2. The zero-order valence-electron chi connectivity index (χ0n) is 21.3. The van der Waals surface area contributed by atoms with Crippen molar-refractivity contribution in [1.29, 1.82) is 0 Å². The van der Waals surface area contributed by atoms with E-state index in [9.17, 15) is 27.6 Å². The summed E-state index contributed by atoms with van der Waals surface area (Å²) < 4.78 is 44.9. The van der Waals surface area contributed by atoms with Crippen LogP contribution in [-0.4, -0.2) is 48.0 Å². The van der Waals surface area contributed by atoms with Crippen molar-refractivity contribution in [3.63, 3.8) is 0 Å². The van der Waals surface area contributed by atoms with E-state index in [0.29, 0.717) is 55.5 Å². The third kappa shape index (κ3) is 3.76. The number of hydrogen-bond donors (Lipinski definition) is 2. The van der Waals surface area contributed by atoms with Crippen LogP contribution in [0.15, 0.2) is 42.5 Å². The van der Waals surface area contributed by atoms with Gasteiger partial charge in [0.2, 0.25) is 17.7 Å². The Kier molecular flexibility index (Phi) is 5.41. The van der Waals surface area contributed by atoms with Crippen LogP contribution >= 0.6 is 11.3 Å². The predicted molar refractivity (Wildman–Crippen MR) is 141 cm³/mol. The first-order valence-electron chi connectivity index (χ1n) is 13.1. The van der Waals surface area contributed by atoms with Gasteiger partial charge >= 0.3 is 6.18 Å². The Labute approximate surface area is 230 Å². The number of nitrogens with one attached hydrogen (secondary N) is 2. The highest BCUT2D eigenvalue weighted by molar-refractivity contribution is 7.22. The summed E-state index contributed by atoms with van der Waals surface area (Å²) >= 11 is 0.997. The number of fused-ring (bicyclic) bond motifs is 3. The fourth-order valence-corrected chi connectivity index (χ4v) is 7.88. The number of benzene rings is 2. The number of halogens is 3. The molecule has 1 aromatic heterocycles. The number of rotatable bonds is 5. The van der Waals surface area contributed by atoms with Crippen molar-refractivity contribution in [3.05, 3.63) is 53.6 Å². The van der Waals surface area contributed by atoms with Crippen LogP contribution < -0.4 is 15.5 Å². The average Bonchev–Trinajstić information content (AvgIpc) is 3.37. The number of aromatic nitrogens is 1. The van der Waals surface area contributed by atoms with Crippen LogP contribution in [0.3, 0.4) is 0 Å². The minimum Gasteiger partial charge on any atom is -0.381 e. The van der Waals surface area contributed by atoms with Gasteiger partial charge in [-0.15, -0.1) is 0 Å². The molecule has 5 aliphatic rings. The molecule has 3 aromatic rings. The molecule has 8 rings (SSSR count). The number of carbonyl (C=O) groups is 3. The SMILES string of the molecule is O=C(CN1C(=O)C2(CCOCC2)c2ccccc21)NC12CC(C(=O)Nc3nc4ccc(C(F)(F)F)cc4s3)(C1)C2. The van der Waals surface area contributed by atoms with Gasteiger partial charge in [-0.1, -0.05) is 29.5 Å². The summed E-state index contributed by atoms with van der Waals surface area (Å²) in [7, 11) is 0. The number of carbonyl (C=O) groups excluding carboxylic acids is 3. The number of alkyl halides is 3. The molecule has 2 N–H and O–H groups in total. The Hall–Kier alpha value is -3.51. The van der Waals surface area contributed by atoms with E-state index in [1.165, 1.54) is 6.07 Å². The third-order valence-electron chi connectivity index (χ3n) is 8.87. The Morgan fingerprint density at radius 2 is 1.80 bits per heavy atom. The van der Waals surface area contributed by atoms with Gasteiger partial charge < -0.3 is 20.3 Å². The quantitative estimate of drug-likeness (QED) is 0.474. The van der Waals surface area contributed by atoms with Gasteiger partial charge in [0.15, 0.2) is 5.13 Å². The molecular weight excluding hydrogens is 545 g/mol. The lowest BCUT2D eigenvalue weighted by atomic mass is 9.39. The molecule has 0 unspecified atom stereocenters. The fraction of sp³-hybridized carbons (Fsp3) is 0.429. The number of ether oxygens (including phenoxy) is 1. The highest BCUT2D eigenvalue weighted by Gasteiger charge is 2.72. The molecule has 40 heavy (non-hydrogen) atoms. The Bertz CT molecular complexity index is 1560. The third-order valence-corrected chi connectivity index (χ3v) is 9.80. The first-order chi connectivity index (χ1) is 19.0. The number of para-hydroxylation sites is 1. The van der Waals surface area contributed by atoms with Gasteiger partial charge in [0, 0.05) is 24.4 Å². The van der Waals surface area contributed by atoms with Crippen molar-refractivity contribution in [2.24, 2.45) is 5.41 Å². The topological polar surface area (TPSA) is 101 Å². The van der Waals surface area contributed by atoms with Gasteiger partial charge in [-0.25, -0.2) is 4.98 Å². The maximum atomic E-state index is 13.6. The van der Waals surface area contributed by atoms with E-state index in [1.54, 1.807) is 4.90 Å². The van der Waals surface area contributed by atoms with Gasteiger partial charge in [0.25, 0.3) is 0 Å². The van der Waals surface area contributed by atoms with E-state index >= 15 is 0 Å². The molecule has 8 nitrogen and oxygen atoms in total. The molecule has 2 aromatic carbocycles. The molecule has 1 saturated heterocycles. The largest absolute Gasteiger partial charge is 0.416 e. The molecule has 2 bridgehead atoms. The molecule has 0 atom stereocenters. The Balaban J connectivity index is 0.981. The molecule has 4 fully saturated rings. The zero-order chi connectivity index (χ0) is 27.9. The molecule has 12 heteroatoms. The van der Waals surface area contributed by atoms with Crippen LogP contribution in [0.25, 0.3) is 10.2 Å². The van der Waals surface area contributed by atoms with E-state index < -0.39 is 28.1 Å². The van der Waals surface area contributed by atoms with Crippen molar-refractivity contribution in [2.45, 2.75) is 49.2 Å². The standard InChI is InChI=1S/C28H25F3N4O4S/c29-28(30,31)16-5-6-18-20(11-16)40-24(32-18)33-22(37)25-13-26(14-25,15-25)34-21(36)12-35-19-4-2-1-3-17(19)27(23(35)38)7-9-39-10-8-27/h1-6,11H,7-10,12-15H2,(H,34,36)(H,32,33,37). The van der Waals surface area contributed by atoms with Gasteiger partial charge in [0.05, 0.1) is 26.6 Å². The van der Waals surface area contributed by atoms with Crippen molar-refractivity contribution >= 4 is 50.1 Å². The first-order valence-corrected chi connectivity index (χ1v) is 13.9. The molecule has 2 aliphatic heterocycles. The molecule has 3 saturated carbocycles. The minimum atomic E-state index is -4.45. The summed E-state index contributed by atoms with van der Waals surface area (Å²) in [4.78, 5) is 45.5. The van der Waals surface area contributed by atoms with Gasteiger partial charge in [-0.05, 0) is 61.9 Å². The van der Waals surface area contributed by atoms with E-state index in [1.807, 2.05) is 24.3 Å². The summed E-state index contributed by atoms with van der Waals surface area (Å²) in [5, 5.41) is 6.06. The zero-order valence-corrected chi connectivity index (χ0v) is 22.1. The highest BCUT2D eigenvalue weighted by atomic mass is 32.1. The fourth-order valence-electron chi connectivity index (χ4n) is 6.98. The van der Waals surface area contributed by atoms with Crippen molar-refractivity contribution < 1.29 is 32.3 Å². The number of hydrogen-bond acceptors (Lipinski definition) is 6. The van der Waals surface area contributed by atoms with E-state index in [4.69, 9.17) is 4.74 Å². The predicted octanol–water partition coefficient (Wildman–Crippen LogP) is 4.39. The smallest absolute Gasteiger partial charge is 0.381 e. The summed E-state index contributed by atoms with van der Waals surface area (Å²) in [6.45, 7) is 0.906. The lowest BCUT2D eigenvalue weighted by Gasteiger charge is -2.69. The molecule has 3 heterocycles. The number of thiazole rings is 1. The van der Waals surface area contributed by atoms with Gasteiger partial charge in [-0.3, -0.25) is 14.4 Å². The van der Waals surface area contributed by atoms with Crippen LogP contribution in [0.1, 0.15) is 43.2 Å². The van der Waals surface area contributed by atoms with Crippen molar-refractivity contribution in [2.75, 3.05) is 30.0 Å². The Morgan fingerprint density at radius 3 is 2.52 bits per heavy atom. The minimum absolute atomic E-state index is 0.0706. The first kappa shape index (κ1) is 25.5. The second kappa shape index (κ2) is 8.50. The maximum absolute atomic E-state index is 13.6. The van der Waals surface area contributed by atoms with E-state index in [0.717, 1.165) is 34.7 Å². The lowest BCUT2D eigenvalue weighted by molar-refractivity contribution is -0.178. The summed E-state index contributed by atoms with van der Waals surface area (Å²) in [5.41, 5.74) is -0.441. The average molecular weight is 571 g/mol. The van der Waals surface area contributed by atoms with Crippen molar-refractivity contribution in [1.82, 2.24) is 10.3 Å². The van der Waals surface area contributed by atoms with Crippen LogP contribution in [-0.2, 0) is 30.7 Å². The monoisotopic (exact) mass is 570 g/mol. The lowest BCUT2D eigenvalue weighted by Crippen LogP contribution is -2.78. The van der Waals surface area contributed by atoms with Crippen LogP contribution in [0.5, 0.6) is 0 Å². The number of amides is 3. The molecule has 208 valence electrons. The normalized spacial score (nSPS) is 26.3. The molecule has 3 amide bonds. The molecular formula is C28H25F3N4O4S. The van der Waals surface area contributed by atoms with Crippen LogP contribution in [0, 0.1) is 5.41 Å². The molecule has 0 radical (unpaired) electrons. The Morgan fingerprint density at radius 1 is 1.07 bits per heavy atom. The van der Waals surface area contributed by atoms with Gasteiger partial charge in [0.1, 0.15) is 6.54 Å². The second-order valence-electron chi connectivity index (χ2n) is 11.4. The summed E-state index contributed by atoms with van der Waals surface area (Å²) in [6.07, 6.45) is -1.89. The maximum Gasteiger partial charge on any atom is 0.416 e. The second-order valence-corrected chi connectivity index (χ2v) is 12.4. The van der Waals surface area contributed by atoms with E-state index in [2.05, 4.69) is 15.6 Å². The summed E-state index contributed by atoms with van der Waals surface area (Å²) in [5.74, 6) is -0.588.